The fraction of sp³-hybridized carbons (Fsp3) is 0.261. The van der Waals surface area contributed by atoms with Crippen LogP contribution in [0.2, 0.25) is 0 Å². The molecule has 0 radical (unpaired) electrons. The number of hydrogen-bond acceptors (Lipinski definition) is 5. The van der Waals surface area contributed by atoms with Gasteiger partial charge in [0.15, 0.2) is 5.11 Å². The SMILES string of the molecule is C=C(c1cc(C(C)C)c(O)cc1O)N(C(=S)NC)c1cccc(N2N=C(C)CC2=O)c1. The molecule has 0 atom stereocenters. The van der Waals surface area contributed by atoms with Gasteiger partial charge < -0.3 is 15.5 Å². The summed E-state index contributed by atoms with van der Waals surface area (Å²) in [5, 5.41) is 29.7. The molecule has 3 N–H and O–H groups in total. The molecular weight excluding hydrogens is 412 g/mol. The Bertz CT molecular complexity index is 1090. The summed E-state index contributed by atoms with van der Waals surface area (Å²) in [6.07, 6.45) is 0.287. The average molecular weight is 439 g/mol. The van der Waals surface area contributed by atoms with Gasteiger partial charge in [0, 0.05) is 24.4 Å². The molecule has 31 heavy (non-hydrogen) atoms. The Hall–Kier alpha value is -3.39. The molecule has 2 aromatic rings. The molecule has 2 aromatic carbocycles. The van der Waals surface area contributed by atoms with Crippen molar-refractivity contribution in [1.82, 2.24) is 5.32 Å². The number of phenolic OH excluding ortho intramolecular Hbond substituents is 2. The Labute approximate surface area is 187 Å². The first-order valence-corrected chi connectivity index (χ1v) is 10.3. The van der Waals surface area contributed by atoms with Crippen molar-refractivity contribution in [2.24, 2.45) is 5.10 Å². The highest BCUT2D eigenvalue weighted by Crippen LogP contribution is 2.38. The maximum Gasteiger partial charge on any atom is 0.253 e. The van der Waals surface area contributed by atoms with Gasteiger partial charge in [-0.3, -0.25) is 9.69 Å². The van der Waals surface area contributed by atoms with Crippen molar-refractivity contribution in [3.8, 4) is 11.5 Å². The van der Waals surface area contributed by atoms with Gasteiger partial charge in [-0.15, -0.1) is 0 Å². The van der Waals surface area contributed by atoms with Gasteiger partial charge in [0.25, 0.3) is 5.91 Å². The molecule has 1 aliphatic rings. The first-order chi connectivity index (χ1) is 14.6. The first kappa shape index (κ1) is 22.3. The molecular formula is C23H26N4O3S. The Morgan fingerprint density at radius 1 is 1.26 bits per heavy atom. The highest BCUT2D eigenvalue weighted by Gasteiger charge is 2.25. The number of rotatable bonds is 5. The van der Waals surface area contributed by atoms with Crippen LogP contribution in [0.3, 0.4) is 0 Å². The Morgan fingerprint density at radius 2 is 1.97 bits per heavy atom. The van der Waals surface area contributed by atoms with Crippen molar-refractivity contribution in [3.63, 3.8) is 0 Å². The number of thiocarbonyl (C=S) groups is 1. The minimum absolute atomic E-state index is 0.0227. The van der Waals surface area contributed by atoms with Crippen LogP contribution in [0.15, 0.2) is 48.1 Å². The quantitative estimate of drug-likeness (QED) is 0.603. The van der Waals surface area contributed by atoms with Crippen molar-refractivity contribution in [2.75, 3.05) is 17.0 Å². The number of nitrogens with zero attached hydrogens (tertiary/aromatic N) is 3. The second-order valence-corrected chi connectivity index (χ2v) is 8.04. The van der Waals surface area contributed by atoms with E-state index in [0.717, 1.165) is 5.71 Å². The smallest absolute Gasteiger partial charge is 0.253 e. The van der Waals surface area contributed by atoms with Crippen LogP contribution < -0.4 is 15.2 Å². The number of aromatic hydroxyl groups is 2. The largest absolute Gasteiger partial charge is 0.508 e. The lowest BCUT2D eigenvalue weighted by Crippen LogP contribution is -2.36. The fourth-order valence-corrected chi connectivity index (χ4v) is 3.65. The summed E-state index contributed by atoms with van der Waals surface area (Å²) in [7, 11) is 1.69. The summed E-state index contributed by atoms with van der Waals surface area (Å²) in [6, 6.07) is 10.2. The zero-order valence-corrected chi connectivity index (χ0v) is 18.8. The number of anilines is 2. The molecule has 0 fully saturated rings. The van der Waals surface area contributed by atoms with E-state index in [0.29, 0.717) is 33.3 Å². The molecule has 0 unspecified atom stereocenters. The standard InChI is InChI=1S/C23H26N4O3S/c1-13(2)18-11-19(21(29)12-20(18)28)15(4)26(23(31)24-5)16-7-6-8-17(10-16)27-22(30)9-14(3)25-27/h6-8,10-13,28-29H,4,9H2,1-3,5H3,(H,24,31). The van der Waals surface area contributed by atoms with E-state index in [1.807, 2.05) is 26.8 Å². The summed E-state index contributed by atoms with van der Waals surface area (Å²) in [5.74, 6) is -0.145. The maximum absolute atomic E-state index is 12.3. The van der Waals surface area contributed by atoms with Gasteiger partial charge in [0.2, 0.25) is 0 Å². The van der Waals surface area contributed by atoms with Crippen molar-refractivity contribution < 1.29 is 15.0 Å². The Morgan fingerprint density at radius 3 is 2.55 bits per heavy atom. The van der Waals surface area contributed by atoms with Crippen LogP contribution in [0.4, 0.5) is 11.4 Å². The molecule has 8 heteroatoms. The molecule has 1 amide bonds. The number of amides is 1. The predicted molar refractivity (Wildman–Crippen MR) is 129 cm³/mol. The van der Waals surface area contributed by atoms with Crippen LogP contribution >= 0.6 is 12.2 Å². The molecule has 1 aliphatic heterocycles. The lowest BCUT2D eigenvalue weighted by Gasteiger charge is -2.29. The van der Waals surface area contributed by atoms with Gasteiger partial charge in [0.1, 0.15) is 11.5 Å². The second kappa shape index (κ2) is 8.77. The van der Waals surface area contributed by atoms with Gasteiger partial charge in [-0.1, -0.05) is 26.5 Å². The Kier molecular flexibility index (Phi) is 6.31. The average Bonchev–Trinajstić information content (AvgIpc) is 3.05. The van der Waals surface area contributed by atoms with Gasteiger partial charge in [-0.25, -0.2) is 5.01 Å². The normalized spacial score (nSPS) is 13.4. The van der Waals surface area contributed by atoms with Crippen molar-refractivity contribution in [3.05, 3.63) is 54.1 Å². The van der Waals surface area contributed by atoms with E-state index >= 15 is 0 Å². The third-order valence-electron chi connectivity index (χ3n) is 5.01. The van der Waals surface area contributed by atoms with E-state index < -0.39 is 0 Å². The van der Waals surface area contributed by atoms with Gasteiger partial charge in [-0.05, 0) is 54.9 Å². The van der Waals surface area contributed by atoms with E-state index in [-0.39, 0.29) is 29.7 Å². The van der Waals surface area contributed by atoms with E-state index in [1.165, 1.54) is 11.1 Å². The third-order valence-corrected chi connectivity index (χ3v) is 5.40. The van der Waals surface area contributed by atoms with E-state index in [1.54, 1.807) is 36.2 Å². The van der Waals surface area contributed by atoms with Crippen LogP contribution in [-0.4, -0.2) is 34.0 Å². The number of carbonyl (C=O) groups is 1. The minimum atomic E-state index is -0.109. The zero-order chi connectivity index (χ0) is 22.9. The van der Waals surface area contributed by atoms with Gasteiger partial charge in [-0.2, -0.15) is 5.10 Å². The van der Waals surface area contributed by atoms with E-state index in [9.17, 15) is 15.0 Å². The van der Waals surface area contributed by atoms with E-state index in [4.69, 9.17) is 12.2 Å². The predicted octanol–water partition coefficient (Wildman–Crippen LogP) is 4.32. The number of nitrogens with one attached hydrogen (secondary N) is 1. The summed E-state index contributed by atoms with van der Waals surface area (Å²) in [4.78, 5) is 13.9. The van der Waals surface area contributed by atoms with Gasteiger partial charge >= 0.3 is 0 Å². The molecule has 1 heterocycles. The van der Waals surface area contributed by atoms with Crippen LogP contribution in [0, 0.1) is 0 Å². The number of hydrogen-bond donors (Lipinski definition) is 3. The summed E-state index contributed by atoms with van der Waals surface area (Å²) in [5.41, 5.74) is 3.55. The molecule has 7 nitrogen and oxygen atoms in total. The lowest BCUT2D eigenvalue weighted by atomic mass is 9.97. The van der Waals surface area contributed by atoms with Gasteiger partial charge in [0.05, 0.1) is 23.5 Å². The molecule has 0 spiro atoms. The third kappa shape index (κ3) is 4.39. The van der Waals surface area contributed by atoms with Crippen LogP contribution in [-0.2, 0) is 4.79 Å². The Balaban J connectivity index is 2.08. The molecule has 0 aromatic heterocycles. The highest BCUT2D eigenvalue weighted by atomic mass is 32.1. The number of phenols is 2. The molecule has 0 aliphatic carbocycles. The van der Waals surface area contributed by atoms with Crippen LogP contribution in [0.25, 0.3) is 5.70 Å². The summed E-state index contributed by atoms with van der Waals surface area (Å²) < 4.78 is 0. The monoisotopic (exact) mass is 438 g/mol. The number of carbonyl (C=O) groups excluding carboxylic acids is 1. The van der Waals surface area contributed by atoms with Crippen molar-refractivity contribution >= 4 is 46.0 Å². The topological polar surface area (TPSA) is 88.4 Å². The fourth-order valence-electron chi connectivity index (χ4n) is 3.44. The summed E-state index contributed by atoms with van der Waals surface area (Å²) >= 11 is 5.52. The molecule has 0 saturated heterocycles. The summed E-state index contributed by atoms with van der Waals surface area (Å²) in [6.45, 7) is 9.88. The van der Waals surface area contributed by atoms with E-state index in [2.05, 4.69) is 17.0 Å². The minimum Gasteiger partial charge on any atom is -0.508 e. The molecule has 0 bridgehead atoms. The second-order valence-electron chi connectivity index (χ2n) is 7.66. The molecule has 3 rings (SSSR count). The van der Waals surface area contributed by atoms with Crippen LogP contribution in [0.1, 0.15) is 44.2 Å². The zero-order valence-electron chi connectivity index (χ0n) is 18.0. The highest BCUT2D eigenvalue weighted by molar-refractivity contribution is 7.80. The number of benzene rings is 2. The molecule has 0 saturated carbocycles. The maximum atomic E-state index is 12.3. The number of hydrazone groups is 1. The molecule has 162 valence electrons. The first-order valence-electron chi connectivity index (χ1n) is 9.88. The van der Waals surface area contributed by atoms with Crippen LogP contribution in [0.5, 0.6) is 11.5 Å². The lowest BCUT2D eigenvalue weighted by molar-refractivity contribution is -0.116. The van der Waals surface area contributed by atoms with Crippen molar-refractivity contribution in [2.45, 2.75) is 33.1 Å². The van der Waals surface area contributed by atoms with Crippen molar-refractivity contribution in [1.29, 1.82) is 0 Å².